The normalized spacial score (nSPS) is 17.0. The lowest BCUT2D eigenvalue weighted by Crippen LogP contribution is -2.35. The molecule has 8 nitrogen and oxygen atoms in total. The maximum absolute atomic E-state index is 13.7. The molecule has 0 aliphatic carbocycles. The van der Waals surface area contributed by atoms with Gasteiger partial charge in [-0.15, -0.1) is 0 Å². The van der Waals surface area contributed by atoms with Crippen LogP contribution in [0.4, 0.5) is 23.8 Å². The van der Waals surface area contributed by atoms with Crippen LogP contribution in [0.3, 0.4) is 0 Å². The molecule has 11 heteroatoms. The van der Waals surface area contributed by atoms with Crippen LogP contribution in [0, 0.1) is 0 Å². The van der Waals surface area contributed by atoms with Crippen LogP contribution in [-0.2, 0) is 10.9 Å². The second-order valence-corrected chi connectivity index (χ2v) is 6.28. The monoisotopic (exact) mass is 410 g/mol. The standard InChI is InChI=1S/C18H17F3N4O4/c1-3-29-16(27)11-4-10(6-22-7-11)12-8-23-14(5-13(12)18(19,20)21)25-15(26)9-24(2)17(25)28/h4-8,15,26H,3,9H2,1-2H3. The molecule has 3 heterocycles. The van der Waals surface area contributed by atoms with Crippen LogP contribution in [-0.4, -0.2) is 58.4 Å². The molecule has 1 aliphatic heterocycles. The number of urea groups is 1. The van der Waals surface area contributed by atoms with Crippen molar-refractivity contribution in [1.82, 2.24) is 14.9 Å². The third kappa shape index (κ3) is 3.99. The van der Waals surface area contributed by atoms with E-state index in [1.54, 1.807) is 6.92 Å². The minimum absolute atomic E-state index is 0.00619. The molecule has 2 aromatic rings. The number of pyridine rings is 2. The lowest BCUT2D eigenvalue weighted by atomic mass is 10.0. The highest BCUT2D eigenvalue weighted by Crippen LogP contribution is 2.39. The summed E-state index contributed by atoms with van der Waals surface area (Å²) >= 11 is 0. The second kappa shape index (κ2) is 7.66. The van der Waals surface area contributed by atoms with Gasteiger partial charge >= 0.3 is 18.2 Å². The van der Waals surface area contributed by atoms with Gasteiger partial charge in [-0.2, -0.15) is 13.2 Å². The first-order chi connectivity index (χ1) is 13.6. The van der Waals surface area contributed by atoms with E-state index in [0.29, 0.717) is 6.07 Å². The van der Waals surface area contributed by atoms with E-state index in [4.69, 9.17) is 4.74 Å². The summed E-state index contributed by atoms with van der Waals surface area (Å²) in [4.78, 5) is 33.7. The van der Waals surface area contributed by atoms with Gasteiger partial charge in [0.25, 0.3) is 0 Å². The van der Waals surface area contributed by atoms with Crippen molar-refractivity contribution in [2.75, 3.05) is 25.1 Å². The van der Waals surface area contributed by atoms with Gasteiger partial charge in [-0.3, -0.25) is 4.98 Å². The Bertz CT molecular complexity index is 951. The molecule has 1 unspecified atom stereocenters. The fourth-order valence-electron chi connectivity index (χ4n) is 2.92. The van der Waals surface area contributed by atoms with Crippen molar-refractivity contribution >= 4 is 17.8 Å². The predicted octanol–water partition coefficient (Wildman–Crippen LogP) is 2.53. The van der Waals surface area contributed by atoms with Crippen LogP contribution in [0.25, 0.3) is 11.1 Å². The molecule has 2 aromatic heterocycles. The first-order valence-corrected chi connectivity index (χ1v) is 8.55. The van der Waals surface area contributed by atoms with E-state index in [1.807, 2.05) is 0 Å². The molecular weight excluding hydrogens is 393 g/mol. The van der Waals surface area contributed by atoms with Gasteiger partial charge in [-0.05, 0) is 19.1 Å². The molecule has 1 saturated heterocycles. The fraction of sp³-hybridized carbons (Fsp3) is 0.333. The number of nitrogens with zero attached hydrogens (tertiary/aromatic N) is 4. The van der Waals surface area contributed by atoms with Gasteiger partial charge in [0.2, 0.25) is 0 Å². The molecule has 3 rings (SSSR count). The van der Waals surface area contributed by atoms with Gasteiger partial charge in [-0.25, -0.2) is 19.5 Å². The Hall–Kier alpha value is -3.21. The highest BCUT2D eigenvalue weighted by molar-refractivity contribution is 5.94. The SMILES string of the molecule is CCOC(=O)c1cncc(-c2cnc(N3C(=O)N(C)CC3O)cc2C(F)(F)F)c1. The van der Waals surface area contributed by atoms with E-state index in [0.717, 1.165) is 17.3 Å². The van der Waals surface area contributed by atoms with E-state index >= 15 is 0 Å². The van der Waals surface area contributed by atoms with Crippen molar-refractivity contribution in [2.24, 2.45) is 0 Å². The van der Waals surface area contributed by atoms with Crippen molar-refractivity contribution in [3.05, 3.63) is 41.9 Å². The average molecular weight is 410 g/mol. The summed E-state index contributed by atoms with van der Waals surface area (Å²) in [6.45, 7) is 1.65. The maximum atomic E-state index is 13.7. The minimum Gasteiger partial charge on any atom is -0.462 e. The summed E-state index contributed by atoms with van der Waals surface area (Å²) in [7, 11) is 1.41. The number of carbonyl (C=O) groups is 2. The molecule has 0 aromatic carbocycles. The summed E-state index contributed by atoms with van der Waals surface area (Å²) < 4.78 is 46.1. The molecule has 1 aliphatic rings. The third-order valence-electron chi connectivity index (χ3n) is 4.27. The molecule has 0 spiro atoms. The number of hydrogen-bond acceptors (Lipinski definition) is 6. The number of halogens is 3. The number of hydrogen-bond donors (Lipinski definition) is 1. The zero-order valence-corrected chi connectivity index (χ0v) is 15.5. The maximum Gasteiger partial charge on any atom is 0.417 e. The number of aromatic nitrogens is 2. The van der Waals surface area contributed by atoms with Crippen LogP contribution in [0.5, 0.6) is 0 Å². The van der Waals surface area contributed by atoms with Gasteiger partial charge in [0, 0.05) is 36.8 Å². The first-order valence-electron chi connectivity index (χ1n) is 8.55. The van der Waals surface area contributed by atoms with Gasteiger partial charge in [0.1, 0.15) is 5.82 Å². The van der Waals surface area contributed by atoms with E-state index in [-0.39, 0.29) is 35.7 Å². The number of β-amino-alcohol motifs (C(OH)–C–C–N with tert-alkyl or cyclic N) is 1. The molecule has 1 fully saturated rings. The van der Waals surface area contributed by atoms with E-state index < -0.39 is 30.0 Å². The highest BCUT2D eigenvalue weighted by atomic mass is 19.4. The number of ether oxygens (including phenoxy) is 1. The van der Waals surface area contributed by atoms with E-state index in [1.165, 1.54) is 24.2 Å². The molecule has 154 valence electrons. The second-order valence-electron chi connectivity index (χ2n) is 6.28. The Morgan fingerprint density at radius 2 is 2.03 bits per heavy atom. The average Bonchev–Trinajstić information content (AvgIpc) is 2.92. The zero-order valence-electron chi connectivity index (χ0n) is 15.5. The van der Waals surface area contributed by atoms with Crippen LogP contribution in [0.2, 0.25) is 0 Å². The molecule has 0 bridgehead atoms. The van der Waals surface area contributed by atoms with Crippen molar-refractivity contribution in [3.63, 3.8) is 0 Å². The zero-order chi connectivity index (χ0) is 21.3. The fourth-order valence-corrected chi connectivity index (χ4v) is 2.92. The van der Waals surface area contributed by atoms with Gasteiger partial charge in [-0.1, -0.05) is 0 Å². The Balaban J connectivity index is 2.08. The number of alkyl halides is 3. The van der Waals surface area contributed by atoms with Crippen molar-refractivity contribution in [1.29, 1.82) is 0 Å². The number of anilines is 1. The number of amides is 2. The molecule has 2 amide bonds. The molecular formula is C18H17F3N4O4. The molecule has 0 saturated carbocycles. The molecule has 29 heavy (non-hydrogen) atoms. The lowest BCUT2D eigenvalue weighted by Gasteiger charge is -2.21. The van der Waals surface area contributed by atoms with Crippen molar-refractivity contribution < 1.29 is 32.6 Å². The van der Waals surface area contributed by atoms with Gasteiger partial charge < -0.3 is 14.7 Å². The summed E-state index contributed by atoms with van der Waals surface area (Å²) in [5.41, 5.74) is -1.41. The van der Waals surface area contributed by atoms with Crippen LogP contribution in [0.15, 0.2) is 30.7 Å². The van der Waals surface area contributed by atoms with E-state index in [9.17, 15) is 27.9 Å². The number of esters is 1. The molecule has 1 atom stereocenters. The minimum atomic E-state index is -4.79. The number of carbonyl (C=O) groups excluding carboxylic acids is 2. The number of rotatable bonds is 4. The first kappa shape index (κ1) is 20.5. The summed E-state index contributed by atoms with van der Waals surface area (Å²) in [5.74, 6) is -1.05. The molecule has 1 N–H and O–H groups in total. The van der Waals surface area contributed by atoms with Crippen molar-refractivity contribution in [2.45, 2.75) is 19.3 Å². The summed E-state index contributed by atoms with van der Waals surface area (Å²) in [5, 5.41) is 9.99. The largest absolute Gasteiger partial charge is 0.462 e. The summed E-state index contributed by atoms with van der Waals surface area (Å²) in [6, 6.07) is 1.24. The lowest BCUT2D eigenvalue weighted by molar-refractivity contribution is -0.137. The van der Waals surface area contributed by atoms with Gasteiger partial charge in [0.15, 0.2) is 6.23 Å². The number of aliphatic hydroxyl groups is 1. The number of likely N-dealkylation sites (N-methyl/N-ethyl adjacent to an activating group) is 1. The quantitative estimate of drug-likeness (QED) is 0.779. The predicted molar refractivity (Wildman–Crippen MR) is 94.9 cm³/mol. The third-order valence-corrected chi connectivity index (χ3v) is 4.27. The van der Waals surface area contributed by atoms with Crippen LogP contribution in [0.1, 0.15) is 22.8 Å². The van der Waals surface area contributed by atoms with Crippen LogP contribution < -0.4 is 4.90 Å². The Kier molecular flexibility index (Phi) is 5.42. The van der Waals surface area contributed by atoms with E-state index in [2.05, 4.69) is 9.97 Å². The van der Waals surface area contributed by atoms with Gasteiger partial charge in [0.05, 0.1) is 24.3 Å². The Labute approximate surface area is 163 Å². The smallest absolute Gasteiger partial charge is 0.417 e. The molecule has 0 radical (unpaired) electrons. The topological polar surface area (TPSA) is 95.9 Å². The Morgan fingerprint density at radius 3 is 2.62 bits per heavy atom. The van der Waals surface area contributed by atoms with Crippen LogP contribution >= 0.6 is 0 Å². The summed E-state index contributed by atoms with van der Waals surface area (Å²) in [6.07, 6.45) is -2.82. The number of aliphatic hydroxyl groups excluding tert-OH is 1. The highest BCUT2D eigenvalue weighted by Gasteiger charge is 2.39. The van der Waals surface area contributed by atoms with Crippen molar-refractivity contribution in [3.8, 4) is 11.1 Å². The Morgan fingerprint density at radius 1 is 1.31 bits per heavy atom.